The van der Waals surface area contributed by atoms with E-state index in [-0.39, 0.29) is 24.0 Å². The topological polar surface area (TPSA) is 45.7 Å². The van der Waals surface area contributed by atoms with Crippen molar-refractivity contribution in [3.8, 4) is 0 Å². The number of nitrogens with zero attached hydrogens (tertiary/aromatic N) is 1. The number of guanidine groups is 1. The van der Waals surface area contributed by atoms with E-state index < -0.39 is 0 Å². The Morgan fingerprint density at radius 3 is 2.55 bits per heavy atom. The van der Waals surface area contributed by atoms with Crippen LogP contribution in [0.4, 0.5) is 0 Å². The minimum absolute atomic E-state index is 0. The molecule has 1 fully saturated rings. The quantitative estimate of drug-likeness (QED) is 0.300. The van der Waals surface area contributed by atoms with E-state index in [0.29, 0.717) is 12.1 Å². The normalized spacial score (nSPS) is 16.9. The van der Waals surface area contributed by atoms with Crippen LogP contribution in [0.25, 0.3) is 0 Å². The fourth-order valence-corrected chi connectivity index (χ4v) is 2.33. The Kier molecular flexibility index (Phi) is 12.7. The smallest absolute Gasteiger partial charge is 0.191 e. The van der Waals surface area contributed by atoms with Crippen LogP contribution in [0.1, 0.15) is 59.3 Å². The van der Waals surface area contributed by atoms with Gasteiger partial charge in [0, 0.05) is 25.7 Å². The van der Waals surface area contributed by atoms with Crippen molar-refractivity contribution in [2.45, 2.75) is 71.4 Å². The van der Waals surface area contributed by atoms with E-state index in [2.05, 4.69) is 36.4 Å². The first kappa shape index (κ1) is 20.0. The summed E-state index contributed by atoms with van der Waals surface area (Å²) in [5.41, 5.74) is 0. The van der Waals surface area contributed by atoms with E-state index in [4.69, 9.17) is 4.74 Å². The molecule has 0 bridgehead atoms. The van der Waals surface area contributed by atoms with E-state index in [1.54, 1.807) is 0 Å². The van der Waals surface area contributed by atoms with Crippen LogP contribution in [-0.4, -0.2) is 37.8 Å². The summed E-state index contributed by atoms with van der Waals surface area (Å²) < 4.78 is 5.52. The van der Waals surface area contributed by atoms with Crippen LogP contribution in [-0.2, 0) is 4.74 Å². The van der Waals surface area contributed by atoms with E-state index in [1.165, 1.54) is 32.1 Å². The second kappa shape index (κ2) is 12.7. The third kappa shape index (κ3) is 9.80. The molecule has 0 unspecified atom stereocenters. The molecule has 2 N–H and O–H groups in total. The molecule has 0 radical (unpaired) electrons. The number of hydrogen-bond acceptors (Lipinski definition) is 2. The highest BCUT2D eigenvalue weighted by atomic mass is 127. The zero-order valence-electron chi connectivity index (χ0n) is 13.3. The van der Waals surface area contributed by atoms with Gasteiger partial charge >= 0.3 is 0 Å². The number of rotatable bonds is 7. The lowest BCUT2D eigenvalue weighted by Gasteiger charge is -2.24. The van der Waals surface area contributed by atoms with Gasteiger partial charge in [-0.25, -0.2) is 0 Å². The Hall–Kier alpha value is -0.0400. The lowest BCUT2D eigenvalue weighted by molar-refractivity contribution is 0.0782. The monoisotopic (exact) mass is 397 g/mol. The molecule has 0 amide bonds. The summed E-state index contributed by atoms with van der Waals surface area (Å²) >= 11 is 0. The number of ether oxygens (including phenoxy) is 1. The van der Waals surface area contributed by atoms with Gasteiger partial charge in [-0.05, 0) is 40.0 Å². The summed E-state index contributed by atoms with van der Waals surface area (Å²) in [4.78, 5) is 4.62. The second-order valence-electron chi connectivity index (χ2n) is 5.51. The van der Waals surface area contributed by atoms with Crippen LogP contribution in [0.5, 0.6) is 0 Å². The fourth-order valence-electron chi connectivity index (χ4n) is 2.33. The molecule has 1 rings (SSSR count). The van der Waals surface area contributed by atoms with E-state index in [0.717, 1.165) is 32.1 Å². The molecule has 1 aliphatic rings. The van der Waals surface area contributed by atoms with Crippen molar-refractivity contribution >= 4 is 29.9 Å². The molecule has 0 atom stereocenters. The van der Waals surface area contributed by atoms with Crippen molar-refractivity contribution in [1.29, 1.82) is 0 Å². The number of halogens is 1. The average Bonchev–Trinajstić information content (AvgIpc) is 2.39. The Bertz CT molecular complexity index is 254. The van der Waals surface area contributed by atoms with E-state index >= 15 is 0 Å². The Morgan fingerprint density at radius 1 is 1.25 bits per heavy atom. The van der Waals surface area contributed by atoms with Gasteiger partial charge in [-0.3, -0.25) is 4.99 Å². The van der Waals surface area contributed by atoms with Gasteiger partial charge in [-0.1, -0.05) is 19.3 Å². The van der Waals surface area contributed by atoms with Crippen molar-refractivity contribution in [1.82, 2.24) is 10.6 Å². The maximum Gasteiger partial charge on any atom is 0.191 e. The molecule has 0 aromatic carbocycles. The van der Waals surface area contributed by atoms with E-state index in [9.17, 15) is 0 Å². The summed E-state index contributed by atoms with van der Waals surface area (Å²) in [7, 11) is 0. The lowest BCUT2D eigenvalue weighted by Crippen LogP contribution is -2.44. The maximum atomic E-state index is 5.52. The van der Waals surface area contributed by atoms with Gasteiger partial charge in [0.25, 0.3) is 0 Å². The van der Waals surface area contributed by atoms with Gasteiger partial charge in [0.2, 0.25) is 0 Å². The highest BCUT2D eigenvalue weighted by Gasteiger charge is 2.14. The standard InChI is InChI=1S/C15H31N3O.HI/c1-4-16-15(17-11-8-12-19-13(2)3)18-14-9-6-5-7-10-14;/h13-14H,4-12H2,1-3H3,(H2,16,17,18);1H. The predicted molar refractivity (Wildman–Crippen MR) is 97.1 cm³/mol. The van der Waals surface area contributed by atoms with Gasteiger partial charge in [0.1, 0.15) is 0 Å². The van der Waals surface area contributed by atoms with Crippen molar-refractivity contribution in [3.63, 3.8) is 0 Å². The summed E-state index contributed by atoms with van der Waals surface area (Å²) in [6, 6.07) is 0.610. The first-order valence-electron chi connectivity index (χ1n) is 7.88. The average molecular weight is 397 g/mol. The molecule has 0 aromatic heterocycles. The van der Waals surface area contributed by atoms with Gasteiger partial charge < -0.3 is 15.4 Å². The van der Waals surface area contributed by atoms with E-state index in [1.807, 2.05) is 0 Å². The van der Waals surface area contributed by atoms with Crippen molar-refractivity contribution < 1.29 is 4.74 Å². The van der Waals surface area contributed by atoms with Gasteiger partial charge in [-0.15, -0.1) is 24.0 Å². The molecule has 0 spiro atoms. The fraction of sp³-hybridized carbons (Fsp3) is 0.933. The zero-order chi connectivity index (χ0) is 13.9. The minimum Gasteiger partial charge on any atom is -0.379 e. The summed E-state index contributed by atoms with van der Waals surface area (Å²) in [5.74, 6) is 0.971. The number of aliphatic imine (C=N–C) groups is 1. The van der Waals surface area contributed by atoms with Gasteiger partial charge in [0.05, 0.1) is 6.10 Å². The number of hydrogen-bond donors (Lipinski definition) is 2. The Morgan fingerprint density at radius 2 is 1.95 bits per heavy atom. The van der Waals surface area contributed by atoms with Crippen LogP contribution in [0, 0.1) is 0 Å². The molecule has 1 saturated carbocycles. The summed E-state index contributed by atoms with van der Waals surface area (Å²) in [6.07, 6.45) is 7.94. The van der Waals surface area contributed by atoms with Crippen molar-refractivity contribution in [2.24, 2.45) is 4.99 Å². The lowest BCUT2D eigenvalue weighted by atomic mass is 9.96. The molecule has 120 valence electrons. The van der Waals surface area contributed by atoms with Crippen LogP contribution in [0.15, 0.2) is 4.99 Å². The third-order valence-corrected chi connectivity index (χ3v) is 3.31. The zero-order valence-corrected chi connectivity index (χ0v) is 15.6. The SMILES string of the molecule is CCNC(=NCCCOC(C)C)NC1CCCCC1.I. The van der Waals surface area contributed by atoms with Crippen molar-refractivity contribution in [2.75, 3.05) is 19.7 Å². The first-order chi connectivity index (χ1) is 9.22. The van der Waals surface area contributed by atoms with Gasteiger partial charge in [0.15, 0.2) is 5.96 Å². The molecule has 1 aliphatic carbocycles. The molecule has 4 nitrogen and oxygen atoms in total. The highest BCUT2D eigenvalue weighted by Crippen LogP contribution is 2.17. The maximum absolute atomic E-state index is 5.52. The minimum atomic E-state index is 0. The molecule has 0 aliphatic heterocycles. The first-order valence-corrected chi connectivity index (χ1v) is 7.88. The molecular formula is C15H32IN3O. The van der Waals surface area contributed by atoms with Gasteiger partial charge in [-0.2, -0.15) is 0 Å². The molecule has 20 heavy (non-hydrogen) atoms. The Balaban J connectivity index is 0.00000361. The van der Waals surface area contributed by atoms with Crippen LogP contribution >= 0.6 is 24.0 Å². The van der Waals surface area contributed by atoms with Crippen LogP contribution < -0.4 is 10.6 Å². The molecule has 0 aromatic rings. The highest BCUT2D eigenvalue weighted by molar-refractivity contribution is 14.0. The number of nitrogens with one attached hydrogen (secondary N) is 2. The van der Waals surface area contributed by atoms with Crippen LogP contribution in [0.3, 0.4) is 0 Å². The summed E-state index contributed by atoms with van der Waals surface area (Å²) in [5, 5.41) is 6.88. The molecule has 0 saturated heterocycles. The molecule has 5 heteroatoms. The van der Waals surface area contributed by atoms with Crippen molar-refractivity contribution in [3.05, 3.63) is 0 Å². The van der Waals surface area contributed by atoms with Crippen LogP contribution in [0.2, 0.25) is 0 Å². The second-order valence-corrected chi connectivity index (χ2v) is 5.51. The third-order valence-electron chi connectivity index (χ3n) is 3.31. The summed E-state index contributed by atoms with van der Waals surface area (Å²) in [6.45, 7) is 8.79. The largest absolute Gasteiger partial charge is 0.379 e. The molecule has 0 heterocycles. The molecular weight excluding hydrogens is 365 g/mol. The Labute approximate surface area is 141 Å². The predicted octanol–water partition coefficient (Wildman–Crippen LogP) is 3.31.